The quantitative estimate of drug-likeness (QED) is 0.0199. The summed E-state index contributed by atoms with van der Waals surface area (Å²) in [4.78, 5) is 38.1. The fourth-order valence-corrected chi connectivity index (χ4v) is 7.20. The zero-order chi connectivity index (χ0) is 48.6. The van der Waals surface area contributed by atoms with E-state index in [4.69, 9.17) is 14.2 Å². The molecule has 0 aliphatic heterocycles. The van der Waals surface area contributed by atoms with Gasteiger partial charge in [-0.25, -0.2) is 0 Å². The Labute approximate surface area is 412 Å². The van der Waals surface area contributed by atoms with Crippen LogP contribution >= 0.6 is 0 Å². The van der Waals surface area contributed by atoms with Gasteiger partial charge in [0.2, 0.25) is 0 Å². The van der Waals surface area contributed by atoms with Crippen LogP contribution in [-0.4, -0.2) is 37.2 Å². The number of ether oxygens (including phenoxy) is 3. The summed E-state index contributed by atoms with van der Waals surface area (Å²) >= 11 is 0. The smallest absolute Gasteiger partial charge is 0.306 e. The number of carbonyl (C=O) groups is 3. The van der Waals surface area contributed by atoms with E-state index in [1.54, 1.807) is 0 Å². The number of esters is 3. The SMILES string of the molecule is CC/C=C\C/C=C\C/C=C\C/C=C\C/C=C\CCCCCC(=O)OCC(COC(=O)CCCCCCCCC/C=C\C/C=C\CC)OC(=O)CCCCC/C=C\C=C/CCCCCCCCC. The summed E-state index contributed by atoms with van der Waals surface area (Å²) in [5, 5.41) is 0. The van der Waals surface area contributed by atoms with E-state index in [0.717, 1.165) is 128 Å². The third-order valence-electron chi connectivity index (χ3n) is 11.3. The van der Waals surface area contributed by atoms with Crippen LogP contribution < -0.4 is 0 Å². The molecule has 0 aromatic heterocycles. The summed E-state index contributed by atoms with van der Waals surface area (Å²) in [5.74, 6) is -0.975. The zero-order valence-corrected chi connectivity index (χ0v) is 43.4. The molecule has 67 heavy (non-hydrogen) atoms. The molecule has 0 radical (unpaired) electrons. The Morgan fingerprint density at radius 2 is 0.627 bits per heavy atom. The van der Waals surface area contributed by atoms with Gasteiger partial charge in [0.1, 0.15) is 13.2 Å². The van der Waals surface area contributed by atoms with Crippen LogP contribution in [0.5, 0.6) is 0 Å². The molecule has 0 saturated carbocycles. The number of hydrogen-bond donors (Lipinski definition) is 0. The third kappa shape index (κ3) is 52.9. The fourth-order valence-electron chi connectivity index (χ4n) is 7.20. The summed E-state index contributed by atoms with van der Waals surface area (Å²) in [7, 11) is 0. The maximum absolute atomic E-state index is 12.8. The molecule has 0 spiro atoms. The minimum absolute atomic E-state index is 0.105. The maximum Gasteiger partial charge on any atom is 0.306 e. The molecule has 1 atom stereocenters. The van der Waals surface area contributed by atoms with E-state index in [1.807, 2.05) is 0 Å². The maximum atomic E-state index is 12.8. The van der Waals surface area contributed by atoms with E-state index in [0.29, 0.717) is 12.8 Å². The van der Waals surface area contributed by atoms with Gasteiger partial charge in [0.15, 0.2) is 6.10 Å². The van der Waals surface area contributed by atoms with Gasteiger partial charge in [-0.3, -0.25) is 14.4 Å². The van der Waals surface area contributed by atoms with Crippen molar-refractivity contribution in [3.63, 3.8) is 0 Å². The van der Waals surface area contributed by atoms with Crippen molar-refractivity contribution < 1.29 is 28.6 Å². The fraction of sp³-hybridized carbons (Fsp3) is 0.656. The van der Waals surface area contributed by atoms with Gasteiger partial charge in [0.25, 0.3) is 0 Å². The highest BCUT2D eigenvalue weighted by Crippen LogP contribution is 2.13. The molecule has 6 nitrogen and oxygen atoms in total. The second-order valence-corrected chi connectivity index (χ2v) is 17.8. The Morgan fingerprint density at radius 1 is 0.328 bits per heavy atom. The third-order valence-corrected chi connectivity index (χ3v) is 11.3. The van der Waals surface area contributed by atoms with Crippen molar-refractivity contribution in [3.05, 3.63) is 109 Å². The van der Waals surface area contributed by atoms with Gasteiger partial charge in [0.05, 0.1) is 0 Å². The van der Waals surface area contributed by atoms with Gasteiger partial charge in [-0.15, -0.1) is 0 Å². The molecule has 0 heterocycles. The standard InChI is InChI=1S/C61H100O6/c1-4-7-10-13-16-19-22-25-28-30-31-32-34-36-39-42-45-48-51-54-60(63)66-57-58(56-65-59(62)53-50-47-44-41-38-35-27-24-21-18-15-12-9-6-3)67-61(64)55-52-49-46-43-40-37-33-29-26-23-20-17-14-11-8-5-2/h7,9-10,12,16,18-19,21,25,28-29,31-33,36-37,39-40,58H,4-6,8,11,13-15,17,20,22-24,26-27,30,34-35,38,41-57H2,1-3H3/b10-7-,12-9-,19-16-,21-18-,28-25-,32-31-,33-29-,39-36-,40-37-. The average molecular weight is 929 g/mol. The zero-order valence-electron chi connectivity index (χ0n) is 43.4. The molecule has 1 unspecified atom stereocenters. The lowest BCUT2D eigenvalue weighted by atomic mass is 10.1. The molecule has 0 bridgehead atoms. The van der Waals surface area contributed by atoms with Crippen molar-refractivity contribution in [1.82, 2.24) is 0 Å². The molecule has 380 valence electrons. The van der Waals surface area contributed by atoms with Crippen LogP contribution in [0, 0.1) is 0 Å². The van der Waals surface area contributed by atoms with Crippen LogP contribution in [-0.2, 0) is 28.6 Å². The van der Waals surface area contributed by atoms with E-state index >= 15 is 0 Å². The molecule has 0 aromatic rings. The van der Waals surface area contributed by atoms with Gasteiger partial charge < -0.3 is 14.2 Å². The molecule has 0 fully saturated rings. The van der Waals surface area contributed by atoms with Crippen molar-refractivity contribution >= 4 is 17.9 Å². The number of carbonyl (C=O) groups excluding carboxylic acids is 3. The van der Waals surface area contributed by atoms with E-state index in [2.05, 4.69) is 130 Å². The largest absolute Gasteiger partial charge is 0.462 e. The van der Waals surface area contributed by atoms with Crippen LogP contribution in [0.15, 0.2) is 109 Å². The lowest BCUT2D eigenvalue weighted by molar-refractivity contribution is -0.167. The first kappa shape index (κ1) is 63.1. The Balaban J connectivity index is 4.51. The minimum Gasteiger partial charge on any atom is -0.462 e. The van der Waals surface area contributed by atoms with Gasteiger partial charge in [0, 0.05) is 19.3 Å². The van der Waals surface area contributed by atoms with E-state index in [1.165, 1.54) is 70.6 Å². The number of allylic oxidation sites excluding steroid dienone is 18. The molecule has 0 saturated heterocycles. The van der Waals surface area contributed by atoms with E-state index in [9.17, 15) is 14.4 Å². The topological polar surface area (TPSA) is 78.9 Å². The molecular weight excluding hydrogens is 829 g/mol. The normalized spacial score (nSPS) is 12.9. The molecule has 0 aliphatic rings. The van der Waals surface area contributed by atoms with Crippen LogP contribution in [0.2, 0.25) is 0 Å². The predicted octanol–water partition coefficient (Wildman–Crippen LogP) is 18.3. The van der Waals surface area contributed by atoms with Crippen LogP contribution in [0.1, 0.15) is 239 Å². The summed E-state index contributed by atoms with van der Waals surface area (Å²) < 4.78 is 16.8. The monoisotopic (exact) mass is 929 g/mol. The van der Waals surface area contributed by atoms with Crippen molar-refractivity contribution in [3.8, 4) is 0 Å². The van der Waals surface area contributed by atoms with Crippen molar-refractivity contribution in [1.29, 1.82) is 0 Å². The minimum atomic E-state index is -0.811. The van der Waals surface area contributed by atoms with Gasteiger partial charge >= 0.3 is 17.9 Å². The first-order valence-electron chi connectivity index (χ1n) is 27.4. The molecule has 0 amide bonds. The second kappa shape index (κ2) is 54.7. The highest BCUT2D eigenvalue weighted by atomic mass is 16.6. The average Bonchev–Trinajstić information content (AvgIpc) is 3.33. The van der Waals surface area contributed by atoms with Crippen molar-refractivity contribution in [2.75, 3.05) is 13.2 Å². The van der Waals surface area contributed by atoms with Gasteiger partial charge in [-0.05, 0) is 116 Å². The van der Waals surface area contributed by atoms with Gasteiger partial charge in [-0.1, -0.05) is 214 Å². The Hall–Kier alpha value is -3.93. The van der Waals surface area contributed by atoms with E-state index < -0.39 is 6.10 Å². The molecular formula is C61H100O6. The molecule has 0 rings (SSSR count). The summed E-state index contributed by atoms with van der Waals surface area (Å²) in [5.41, 5.74) is 0. The van der Waals surface area contributed by atoms with Crippen molar-refractivity contribution in [2.45, 2.75) is 245 Å². The van der Waals surface area contributed by atoms with Crippen LogP contribution in [0.25, 0.3) is 0 Å². The van der Waals surface area contributed by atoms with Crippen molar-refractivity contribution in [2.24, 2.45) is 0 Å². The summed E-state index contributed by atoms with van der Waals surface area (Å²) in [6.07, 6.45) is 73.6. The first-order valence-corrected chi connectivity index (χ1v) is 27.4. The number of rotatable bonds is 48. The Kier molecular flexibility index (Phi) is 51.5. The molecule has 0 N–H and O–H groups in total. The highest BCUT2D eigenvalue weighted by Gasteiger charge is 2.19. The highest BCUT2D eigenvalue weighted by molar-refractivity contribution is 5.71. The predicted molar refractivity (Wildman–Crippen MR) is 288 cm³/mol. The van der Waals surface area contributed by atoms with E-state index in [-0.39, 0.29) is 37.5 Å². The van der Waals surface area contributed by atoms with Crippen LogP contribution in [0.3, 0.4) is 0 Å². The second-order valence-electron chi connectivity index (χ2n) is 17.8. The first-order chi connectivity index (χ1) is 33.0. The summed E-state index contributed by atoms with van der Waals surface area (Å²) in [6, 6.07) is 0. The lowest BCUT2D eigenvalue weighted by Crippen LogP contribution is -2.30. The Bertz CT molecular complexity index is 1390. The molecule has 0 aromatic carbocycles. The van der Waals surface area contributed by atoms with Crippen LogP contribution in [0.4, 0.5) is 0 Å². The molecule has 6 heteroatoms. The number of hydrogen-bond acceptors (Lipinski definition) is 6. The van der Waals surface area contributed by atoms with Gasteiger partial charge in [-0.2, -0.15) is 0 Å². The number of unbranched alkanes of at least 4 members (excludes halogenated alkanes) is 20. The molecule has 0 aliphatic carbocycles. The lowest BCUT2D eigenvalue weighted by Gasteiger charge is -2.18. The Morgan fingerprint density at radius 3 is 1.01 bits per heavy atom. The summed E-state index contributed by atoms with van der Waals surface area (Å²) in [6.45, 7) is 6.35.